The monoisotopic (exact) mass is 1010 g/mol. The third kappa shape index (κ3) is 20.2. The van der Waals surface area contributed by atoms with Crippen molar-refractivity contribution >= 4 is 34.2 Å². The van der Waals surface area contributed by atoms with Crippen molar-refractivity contribution in [1.29, 1.82) is 0 Å². The molecule has 0 bridgehead atoms. The van der Waals surface area contributed by atoms with Crippen LogP contribution in [0.15, 0.2) is 11.8 Å². The Hall–Kier alpha value is -3.59. The summed E-state index contributed by atoms with van der Waals surface area (Å²) in [5, 5.41) is 47.2. The van der Waals surface area contributed by atoms with Gasteiger partial charge in [-0.05, 0) is 113 Å². The summed E-state index contributed by atoms with van der Waals surface area (Å²) < 4.78 is 72.1. The van der Waals surface area contributed by atoms with Crippen molar-refractivity contribution in [3.8, 4) is 0 Å². The van der Waals surface area contributed by atoms with Crippen LogP contribution < -0.4 is 31.7 Å². The summed E-state index contributed by atoms with van der Waals surface area (Å²) in [7, 11) is -3.04. The number of nitrogens with one attached hydrogen (secondary N) is 5. The summed E-state index contributed by atoms with van der Waals surface area (Å²) in [6.07, 6.45) is -10.4. The Kier molecular flexibility index (Phi) is 21.0. The number of aliphatic hydroxyl groups excluding tert-OH is 2. The van der Waals surface area contributed by atoms with E-state index in [1.54, 1.807) is 68.4 Å². The fraction of sp³-hybridized carbons (Fsp3) is 0.867. The van der Waals surface area contributed by atoms with Gasteiger partial charge in [-0.2, -0.15) is 0 Å². The van der Waals surface area contributed by atoms with Crippen molar-refractivity contribution in [3.05, 3.63) is 11.8 Å². The van der Waals surface area contributed by atoms with Gasteiger partial charge in [-0.25, -0.2) is 27.5 Å². The molecular formula is C45H83N7O16S. The molecule has 2 aliphatic heterocycles. The molecule has 0 aromatic heterocycles. The highest BCUT2D eigenvalue weighted by atomic mass is 32.2. The highest BCUT2D eigenvalue weighted by Gasteiger charge is 2.55. The molecule has 2 heterocycles. The topological polar surface area (TPSA) is 317 Å². The normalized spacial score (nSPS) is 29.2. The quantitative estimate of drug-likeness (QED) is 0.0693. The van der Waals surface area contributed by atoms with Gasteiger partial charge in [-0.15, -0.1) is 0 Å². The van der Waals surface area contributed by atoms with E-state index in [9.17, 15) is 42.9 Å². The Morgan fingerprint density at radius 3 is 1.93 bits per heavy atom. The van der Waals surface area contributed by atoms with E-state index in [1.807, 2.05) is 20.8 Å². The smallest absolute Gasteiger partial charge is 0.410 e. The number of carbonyl (C=O) groups is 4. The van der Waals surface area contributed by atoms with Gasteiger partial charge in [0.1, 0.15) is 52.6 Å². The molecule has 3 aliphatic rings. The number of nitrogens with zero attached hydrogens (tertiary/aromatic N) is 1. The number of nitrogens with two attached hydrogens (primary N) is 1. The third-order valence-electron chi connectivity index (χ3n) is 10.6. The molecule has 69 heavy (non-hydrogen) atoms. The van der Waals surface area contributed by atoms with Gasteiger partial charge >= 0.3 is 18.3 Å². The molecule has 0 radical (unpaired) electrons. The Balaban J connectivity index is 2.13. The maximum Gasteiger partial charge on any atom is 0.410 e. The lowest BCUT2D eigenvalue weighted by Gasteiger charge is -2.50. The molecule has 24 heteroatoms. The first kappa shape index (κ1) is 59.7. The maximum atomic E-state index is 13.9. The van der Waals surface area contributed by atoms with Gasteiger partial charge in [-0.3, -0.25) is 4.79 Å². The second-order valence-electron chi connectivity index (χ2n) is 22.3. The van der Waals surface area contributed by atoms with E-state index in [-0.39, 0.29) is 43.7 Å². The number of carbonyl (C=O) groups excluding carboxylic acids is 4. The van der Waals surface area contributed by atoms with E-state index in [0.29, 0.717) is 25.3 Å². The number of sulfonamides is 1. The van der Waals surface area contributed by atoms with Crippen LogP contribution in [0.5, 0.6) is 0 Å². The van der Waals surface area contributed by atoms with Crippen molar-refractivity contribution in [2.24, 2.45) is 11.1 Å². The standard InChI is InChI=1S/C45H83N7O16S/c1-41(2,3)23-30(53)48-20-21-69(60,61)51-29-22-28(50-39(57)67-43(7,8)9)33(64-36-27(49-38(56)66-42(4,5)6)17-16-26(63-36)24-47-19-15-18-46)31(54)34(29)65-37-32(55)35(45(13,59)25-62-37)52(14)40(58)68-44(10,11)12/h16,27-29,31-37,47,51,54-55,59H,15,17-25,46H2,1-14H3,(H,48,53)(H,49,56)(H,50,57)/t27-,28+,29-,31+,32-,33-,34+,35-,36-,37-,45+/m1/s1. The van der Waals surface area contributed by atoms with E-state index in [4.69, 9.17) is 38.9 Å². The minimum absolute atomic E-state index is 0.131. The van der Waals surface area contributed by atoms with Crippen LogP contribution >= 0.6 is 0 Å². The molecule has 400 valence electrons. The van der Waals surface area contributed by atoms with Crippen LogP contribution in [0.25, 0.3) is 0 Å². The second kappa shape index (κ2) is 24.2. The summed E-state index contributed by atoms with van der Waals surface area (Å²) in [6, 6.07) is -5.08. The molecule has 3 rings (SSSR count). The predicted octanol–water partition coefficient (Wildman–Crippen LogP) is 1.42. The van der Waals surface area contributed by atoms with E-state index < -0.39 is 124 Å². The first-order valence-electron chi connectivity index (χ1n) is 23.5. The summed E-state index contributed by atoms with van der Waals surface area (Å²) in [5.74, 6) is -0.559. The van der Waals surface area contributed by atoms with Gasteiger partial charge in [0.05, 0.1) is 43.1 Å². The summed E-state index contributed by atoms with van der Waals surface area (Å²) in [5.41, 5.74) is 0.607. The predicted molar refractivity (Wildman–Crippen MR) is 253 cm³/mol. The van der Waals surface area contributed by atoms with Crippen LogP contribution in [-0.4, -0.2) is 182 Å². The van der Waals surface area contributed by atoms with Gasteiger partial charge < -0.3 is 80.4 Å². The highest BCUT2D eigenvalue weighted by molar-refractivity contribution is 7.89. The van der Waals surface area contributed by atoms with Crippen LogP contribution in [0.3, 0.4) is 0 Å². The molecule has 23 nitrogen and oxygen atoms in total. The Morgan fingerprint density at radius 2 is 1.38 bits per heavy atom. The maximum absolute atomic E-state index is 13.9. The second-order valence-corrected chi connectivity index (χ2v) is 24.2. The zero-order chi connectivity index (χ0) is 52.5. The molecule has 2 fully saturated rings. The van der Waals surface area contributed by atoms with Gasteiger partial charge in [0.15, 0.2) is 6.29 Å². The van der Waals surface area contributed by atoms with E-state index in [1.165, 1.54) is 14.0 Å². The Morgan fingerprint density at radius 1 is 0.826 bits per heavy atom. The summed E-state index contributed by atoms with van der Waals surface area (Å²) >= 11 is 0. The molecule has 10 N–H and O–H groups in total. The first-order valence-corrected chi connectivity index (χ1v) is 25.1. The SMILES string of the molecule is CN(C(=O)OC(C)(C)C)[C@@H]1[C@@H](O)[C@@H](O[C@@H]2[C@@H](O)[C@H](O[C@H]3OC(CNCCCN)=CC[C@H]3NC(=O)OC(C)(C)C)[C@@H](NC(=O)OC(C)(C)C)C[C@H]2NS(=O)(=O)CCNC(=O)CC(C)(C)C)OC[C@]1(C)O. The van der Waals surface area contributed by atoms with Crippen molar-refractivity contribution in [2.45, 2.75) is 199 Å². The van der Waals surface area contributed by atoms with Crippen molar-refractivity contribution < 1.29 is 76.1 Å². The minimum atomic E-state index is -4.35. The molecule has 0 spiro atoms. The van der Waals surface area contributed by atoms with Crippen molar-refractivity contribution in [1.82, 2.24) is 30.9 Å². The van der Waals surface area contributed by atoms with E-state index in [2.05, 4.69) is 26.0 Å². The van der Waals surface area contributed by atoms with Crippen LogP contribution in [0.2, 0.25) is 0 Å². The van der Waals surface area contributed by atoms with Gasteiger partial charge in [0, 0.05) is 20.0 Å². The van der Waals surface area contributed by atoms with Gasteiger partial charge in [0.2, 0.25) is 22.2 Å². The molecule has 0 unspecified atom stereocenters. The molecule has 1 saturated heterocycles. The van der Waals surface area contributed by atoms with E-state index >= 15 is 0 Å². The number of hydrogen-bond donors (Lipinski definition) is 9. The zero-order valence-electron chi connectivity index (χ0n) is 43.0. The van der Waals surface area contributed by atoms with Gasteiger partial charge in [0.25, 0.3) is 0 Å². The first-order chi connectivity index (χ1) is 31.5. The average Bonchev–Trinajstić information content (AvgIpc) is 3.14. The fourth-order valence-corrected chi connectivity index (χ4v) is 8.99. The number of ether oxygens (including phenoxy) is 7. The molecule has 4 amide bonds. The molecule has 0 aromatic rings. The summed E-state index contributed by atoms with van der Waals surface area (Å²) in [4.78, 5) is 53.6. The largest absolute Gasteiger partial charge is 0.466 e. The van der Waals surface area contributed by atoms with Crippen molar-refractivity contribution in [2.75, 3.05) is 45.6 Å². The number of hydrogen-bond acceptors (Lipinski definition) is 18. The number of likely N-dealkylation sites (N-methyl/N-ethyl adjacent to an activating group) is 1. The molecule has 1 saturated carbocycles. The average molecular weight is 1010 g/mol. The lowest BCUT2D eigenvalue weighted by atomic mass is 9.83. The van der Waals surface area contributed by atoms with Crippen LogP contribution in [0.1, 0.15) is 116 Å². The van der Waals surface area contributed by atoms with Gasteiger partial charge in [-0.1, -0.05) is 20.8 Å². The molecule has 11 atom stereocenters. The number of alkyl carbamates (subject to hydrolysis) is 2. The fourth-order valence-electron chi connectivity index (χ4n) is 7.81. The number of rotatable bonds is 18. The Labute approximate surface area is 408 Å². The number of aliphatic hydroxyl groups is 3. The van der Waals surface area contributed by atoms with Crippen LogP contribution in [0, 0.1) is 5.41 Å². The zero-order valence-corrected chi connectivity index (χ0v) is 43.8. The lowest BCUT2D eigenvalue weighted by Crippen LogP contribution is -2.70. The number of amides is 4. The molecule has 0 aromatic carbocycles. The van der Waals surface area contributed by atoms with Crippen LogP contribution in [-0.2, 0) is 48.0 Å². The minimum Gasteiger partial charge on any atom is -0.466 e. The highest BCUT2D eigenvalue weighted by Crippen LogP contribution is 2.35. The van der Waals surface area contributed by atoms with Crippen molar-refractivity contribution in [3.63, 3.8) is 0 Å². The van der Waals surface area contributed by atoms with Crippen LogP contribution in [0.4, 0.5) is 14.4 Å². The summed E-state index contributed by atoms with van der Waals surface area (Å²) in [6.45, 7) is 22.3. The molecular weight excluding hydrogens is 927 g/mol. The van der Waals surface area contributed by atoms with E-state index in [0.717, 1.165) is 4.90 Å². The third-order valence-corrected chi connectivity index (χ3v) is 12.0. The lowest BCUT2D eigenvalue weighted by molar-refractivity contribution is -0.311. The Bertz CT molecular complexity index is 1860. The molecule has 1 aliphatic carbocycles.